The molecule has 0 saturated heterocycles. The molecule has 3 N–H and O–H groups in total. The quantitative estimate of drug-likeness (QED) is 0.0320. The van der Waals surface area contributed by atoms with Crippen molar-refractivity contribution in [3.8, 4) is 0 Å². The fourth-order valence-electron chi connectivity index (χ4n) is 10.3. The zero-order valence-electron chi connectivity index (χ0n) is 48.2. The Kier molecular flexibility index (Phi) is 59.9. The topological polar surface area (TPSA) is 95.9 Å². The lowest BCUT2D eigenvalue weighted by Gasteiger charge is -2.22. The smallest absolute Gasteiger partial charge is 0.305 e. The van der Waals surface area contributed by atoms with Crippen molar-refractivity contribution in [3.05, 3.63) is 12.2 Å². The fraction of sp³-hybridized carbons (Fsp3) is 0.938. The highest BCUT2D eigenvalue weighted by atomic mass is 16.5. The molecule has 0 aromatic heterocycles. The van der Waals surface area contributed by atoms with Crippen LogP contribution in [0.1, 0.15) is 367 Å². The second kappa shape index (κ2) is 61.1. The van der Waals surface area contributed by atoms with Gasteiger partial charge in [0.05, 0.1) is 25.4 Å². The van der Waals surface area contributed by atoms with Gasteiger partial charge in [-0.2, -0.15) is 0 Å². The second-order valence-electron chi connectivity index (χ2n) is 22.5. The molecular formula is C65H127NO5. The van der Waals surface area contributed by atoms with E-state index in [9.17, 15) is 19.8 Å². The third-order valence-corrected chi connectivity index (χ3v) is 15.3. The van der Waals surface area contributed by atoms with E-state index in [-0.39, 0.29) is 18.5 Å². The van der Waals surface area contributed by atoms with Gasteiger partial charge >= 0.3 is 5.97 Å². The van der Waals surface area contributed by atoms with Crippen molar-refractivity contribution in [2.45, 2.75) is 379 Å². The van der Waals surface area contributed by atoms with E-state index in [0.717, 1.165) is 44.9 Å². The number of allylic oxidation sites excluding steroid dienone is 2. The Hall–Kier alpha value is -1.40. The van der Waals surface area contributed by atoms with Crippen LogP contribution in [0.5, 0.6) is 0 Å². The van der Waals surface area contributed by atoms with Gasteiger partial charge in [0.1, 0.15) is 0 Å². The number of aliphatic hydroxyl groups excluding tert-OH is 2. The molecule has 1 amide bonds. The number of rotatable bonds is 61. The van der Waals surface area contributed by atoms with Crippen molar-refractivity contribution < 1.29 is 24.5 Å². The first-order valence-electron chi connectivity index (χ1n) is 32.4. The molecule has 6 nitrogen and oxygen atoms in total. The summed E-state index contributed by atoms with van der Waals surface area (Å²) in [4.78, 5) is 24.5. The molecule has 0 aliphatic carbocycles. The van der Waals surface area contributed by atoms with E-state index in [1.165, 1.54) is 289 Å². The Bertz CT molecular complexity index is 1060. The van der Waals surface area contributed by atoms with Crippen LogP contribution < -0.4 is 5.32 Å². The zero-order chi connectivity index (χ0) is 51.4. The van der Waals surface area contributed by atoms with Gasteiger partial charge in [0, 0.05) is 12.8 Å². The summed E-state index contributed by atoms with van der Waals surface area (Å²) in [6.07, 6.45) is 73.8. The molecule has 0 bridgehead atoms. The Morgan fingerprint density at radius 2 is 0.662 bits per heavy atom. The van der Waals surface area contributed by atoms with Gasteiger partial charge in [-0.15, -0.1) is 0 Å². The van der Waals surface area contributed by atoms with Crippen LogP contribution in [0.25, 0.3) is 0 Å². The molecule has 0 heterocycles. The predicted octanol–water partition coefficient (Wildman–Crippen LogP) is 20.4. The van der Waals surface area contributed by atoms with Crippen molar-refractivity contribution in [3.63, 3.8) is 0 Å². The van der Waals surface area contributed by atoms with Crippen molar-refractivity contribution >= 4 is 11.9 Å². The number of amides is 1. The average molecular weight is 1000 g/mol. The maximum absolute atomic E-state index is 12.5. The molecule has 0 spiro atoms. The largest absolute Gasteiger partial charge is 0.466 e. The van der Waals surface area contributed by atoms with Gasteiger partial charge in [0.2, 0.25) is 5.91 Å². The SMILES string of the molecule is CCCCC/C=C\CCCCCCCC(=O)OCCCCCCCCCCCCCCCCCCCCCCCCCCCCC(=O)NC(CO)C(O)CCCCCCCCCCCCCCCCCC. The van der Waals surface area contributed by atoms with Crippen LogP contribution in [-0.4, -0.2) is 47.4 Å². The number of carbonyl (C=O) groups excluding carboxylic acids is 2. The van der Waals surface area contributed by atoms with E-state index in [0.29, 0.717) is 25.9 Å². The molecule has 0 aromatic rings. The minimum absolute atomic E-state index is 0.00782. The Labute approximate surface area is 444 Å². The van der Waals surface area contributed by atoms with E-state index in [4.69, 9.17) is 4.74 Å². The van der Waals surface area contributed by atoms with Crippen LogP contribution in [0, 0.1) is 0 Å². The molecular weight excluding hydrogens is 875 g/mol. The summed E-state index contributed by atoms with van der Waals surface area (Å²) < 4.78 is 5.47. The number of esters is 1. The number of aliphatic hydroxyl groups is 2. The molecule has 422 valence electrons. The molecule has 71 heavy (non-hydrogen) atoms. The molecule has 0 aromatic carbocycles. The van der Waals surface area contributed by atoms with Crippen LogP contribution in [-0.2, 0) is 14.3 Å². The summed E-state index contributed by atoms with van der Waals surface area (Å²) >= 11 is 0. The molecule has 0 saturated carbocycles. The summed E-state index contributed by atoms with van der Waals surface area (Å²) in [6.45, 7) is 4.96. The summed E-state index contributed by atoms with van der Waals surface area (Å²) in [5, 5.41) is 23.3. The van der Waals surface area contributed by atoms with Gasteiger partial charge in [-0.1, -0.05) is 315 Å². The maximum Gasteiger partial charge on any atom is 0.305 e. The number of hydrogen-bond donors (Lipinski definition) is 3. The fourth-order valence-corrected chi connectivity index (χ4v) is 10.3. The average Bonchev–Trinajstić information content (AvgIpc) is 3.37. The molecule has 0 aliphatic rings. The van der Waals surface area contributed by atoms with Gasteiger partial charge in [0.15, 0.2) is 0 Å². The monoisotopic (exact) mass is 1000 g/mol. The summed E-state index contributed by atoms with van der Waals surface area (Å²) in [6, 6.07) is -0.539. The second-order valence-corrected chi connectivity index (χ2v) is 22.5. The van der Waals surface area contributed by atoms with E-state index in [2.05, 4.69) is 31.3 Å². The molecule has 0 rings (SSSR count). The lowest BCUT2D eigenvalue weighted by atomic mass is 10.0. The maximum atomic E-state index is 12.5. The normalized spacial score (nSPS) is 12.6. The predicted molar refractivity (Wildman–Crippen MR) is 310 cm³/mol. The summed E-state index contributed by atoms with van der Waals surface area (Å²) in [5.74, 6) is -0.0218. The van der Waals surface area contributed by atoms with Crippen LogP contribution >= 0.6 is 0 Å². The third kappa shape index (κ3) is 57.7. The summed E-state index contributed by atoms with van der Waals surface area (Å²) in [7, 11) is 0. The van der Waals surface area contributed by atoms with Crippen molar-refractivity contribution in [2.75, 3.05) is 13.2 Å². The van der Waals surface area contributed by atoms with Gasteiger partial charge in [-0.05, 0) is 51.4 Å². The standard InChI is InChI=1S/C65H127NO5/c1-3-5-7-9-11-13-15-17-18-31-34-37-41-45-49-53-57-63(68)62(61-67)66-64(69)58-54-50-46-42-38-35-32-29-27-25-23-21-19-20-22-24-26-28-30-33-36-40-44-48-52-56-60-71-65(70)59-55-51-47-43-39-16-14-12-10-8-6-4-2/h12,14,62-63,67-68H,3-11,13,15-61H2,1-2H3,(H,66,69)/b14-12-. The molecule has 0 radical (unpaired) electrons. The number of nitrogens with one attached hydrogen (secondary N) is 1. The van der Waals surface area contributed by atoms with Crippen LogP contribution in [0.4, 0.5) is 0 Å². The number of carbonyl (C=O) groups is 2. The number of unbranched alkanes of at least 4 members (excludes halogenated alkanes) is 48. The highest BCUT2D eigenvalue weighted by Gasteiger charge is 2.20. The number of ether oxygens (including phenoxy) is 1. The lowest BCUT2D eigenvalue weighted by molar-refractivity contribution is -0.143. The van der Waals surface area contributed by atoms with Crippen molar-refractivity contribution in [2.24, 2.45) is 0 Å². The zero-order valence-corrected chi connectivity index (χ0v) is 48.2. The Morgan fingerprint density at radius 3 is 1.03 bits per heavy atom. The highest BCUT2D eigenvalue weighted by molar-refractivity contribution is 5.76. The van der Waals surface area contributed by atoms with Gasteiger partial charge in [-0.3, -0.25) is 9.59 Å². The van der Waals surface area contributed by atoms with Crippen LogP contribution in [0.3, 0.4) is 0 Å². The first kappa shape index (κ1) is 69.6. The minimum atomic E-state index is -0.662. The van der Waals surface area contributed by atoms with Gasteiger partial charge in [0.25, 0.3) is 0 Å². The van der Waals surface area contributed by atoms with E-state index < -0.39 is 12.1 Å². The highest BCUT2D eigenvalue weighted by Crippen LogP contribution is 2.19. The van der Waals surface area contributed by atoms with Crippen molar-refractivity contribution in [1.29, 1.82) is 0 Å². The Morgan fingerprint density at radius 1 is 0.380 bits per heavy atom. The van der Waals surface area contributed by atoms with Crippen LogP contribution in [0.15, 0.2) is 12.2 Å². The van der Waals surface area contributed by atoms with Crippen LogP contribution in [0.2, 0.25) is 0 Å². The molecule has 2 unspecified atom stereocenters. The molecule has 0 aliphatic heterocycles. The minimum Gasteiger partial charge on any atom is -0.466 e. The van der Waals surface area contributed by atoms with Gasteiger partial charge in [-0.25, -0.2) is 0 Å². The Balaban J connectivity index is 3.35. The molecule has 2 atom stereocenters. The first-order valence-corrected chi connectivity index (χ1v) is 32.4. The van der Waals surface area contributed by atoms with E-state index in [1.54, 1.807) is 0 Å². The van der Waals surface area contributed by atoms with Crippen molar-refractivity contribution in [1.82, 2.24) is 5.32 Å². The van der Waals surface area contributed by atoms with Gasteiger partial charge < -0.3 is 20.3 Å². The van der Waals surface area contributed by atoms with E-state index in [1.807, 2.05) is 0 Å². The third-order valence-electron chi connectivity index (χ3n) is 15.3. The number of hydrogen-bond acceptors (Lipinski definition) is 5. The molecule has 6 heteroatoms. The molecule has 0 fully saturated rings. The van der Waals surface area contributed by atoms with E-state index >= 15 is 0 Å². The summed E-state index contributed by atoms with van der Waals surface area (Å²) in [5.41, 5.74) is 0. The first-order chi connectivity index (χ1) is 35.0. The lowest BCUT2D eigenvalue weighted by Crippen LogP contribution is -2.45.